The normalized spacial score (nSPS) is 11.3. The van der Waals surface area contributed by atoms with Gasteiger partial charge in [-0.1, -0.05) is 47.2 Å². The maximum atomic E-state index is 13.0. The highest BCUT2D eigenvalue weighted by molar-refractivity contribution is 7.91. The van der Waals surface area contributed by atoms with Crippen LogP contribution in [0, 0.1) is 5.82 Å². The number of ether oxygens (including phenoxy) is 1. The number of anilines is 1. The van der Waals surface area contributed by atoms with Gasteiger partial charge in [0.05, 0.1) is 0 Å². The van der Waals surface area contributed by atoms with Crippen LogP contribution >= 0.6 is 22.9 Å². The summed E-state index contributed by atoms with van der Waals surface area (Å²) in [6.45, 7) is 0.298. The molecule has 0 saturated carbocycles. The van der Waals surface area contributed by atoms with E-state index in [2.05, 4.69) is 20.2 Å². The van der Waals surface area contributed by atoms with Crippen LogP contribution in [0.1, 0.15) is 21.5 Å². The van der Waals surface area contributed by atoms with E-state index in [0.717, 1.165) is 16.9 Å². The summed E-state index contributed by atoms with van der Waals surface area (Å²) in [4.78, 5) is 12.3. The highest BCUT2D eigenvalue weighted by Gasteiger charge is 2.21. The van der Waals surface area contributed by atoms with Crippen molar-refractivity contribution < 1.29 is 22.3 Å². The number of halogens is 2. The van der Waals surface area contributed by atoms with Crippen LogP contribution in [0.5, 0.6) is 5.75 Å². The number of benzene rings is 3. The Morgan fingerprint density at radius 1 is 0.943 bits per heavy atom. The molecule has 1 aromatic heterocycles. The number of amides is 1. The van der Waals surface area contributed by atoms with Crippen molar-refractivity contribution in [2.24, 2.45) is 0 Å². The summed E-state index contributed by atoms with van der Waals surface area (Å²) in [5.41, 5.74) is 1.87. The van der Waals surface area contributed by atoms with E-state index in [0.29, 0.717) is 21.9 Å². The van der Waals surface area contributed by atoms with E-state index >= 15 is 0 Å². The van der Waals surface area contributed by atoms with Crippen LogP contribution in [-0.2, 0) is 23.2 Å². The zero-order valence-corrected chi connectivity index (χ0v) is 20.3. The topological polar surface area (TPSA) is 110 Å². The number of hydrogen-bond donors (Lipinski definition) is 2. The molecule has 0 atom stereocenters. The molecular formula is C23H18ClFN4O4S2. The fourth-order valence-corrected chi connectivity index (χ4v) is 4.91. The lowest BCUT2D eigenvalue weighted by molar-refractivity contribution is 0.102. The average Bonchev–Trinajstić information content (AvgIpc) is 3.33. The molecule has 0 spiro atoms. The van der Waals surface area contributed by atoms with Gasteiger partial charge in [0.25, 0.3) is 15.9 Å². The zero-order valence-electron chi connectivity index (χ0n) is 17.9. The number of carbonyl (C=O) groups is 1. The summed E-state index contributed by atoms with van der Waals surface area (Å²) in [5.74, 6) is -0.185. The van der Waals surface area contributed by atoms with Crippen molar-refractivity contribution in [1.29, 1.82) is 0 Å². The van der Waals surface area contributed by atoms with Crippen molar-refractivity contribution in [3.8, 4) is 5.75 Å². The maximum absolute atomic E-state index is 13.0. The summed E-state index contributed by atoms with van der Waals surface area (Å²) >= 11 is 6.55. The molecule has 2 N–H and O–H groups in total. The van der Waals surface area contributed by atoms with Crippen LogP contribution in [0.2, 0.25) is 5.02 Å². The summed E-state index contributed by atoms with van der Waals surface area (Å²) in [6.07, 6.45) is 0. The van der Waals surface area contributed by atoms with Crippen molar-refractivity contribution in [2.45, 2.75) is 17.5 Å². The number of carbonyl (C=O) groups excluding carboxylic acids is 1. The van der Waals surface area contributed by atoms with Gasteiger partial charge in [-0.05, 0) is 59.7 Å². The van der Waals surface area contributed by atoms with Crippen molar-refractivity contribution >= 4 is 44.0 Å². The third-order valence-electron chi connectivity index (χ3n) is 4.67. The van der Waals surface area contributed by atoms with Crippen molar-refractivity contribution in [3.63, 3.8) is 0 Å². The molecule has 4 rings (SSSR count). The third kappa shape index (κ3) is 6.83. The highest BCUT2D eigenvalue weighted by atomic mass is 35.5. The molecule has 180 valence electrons. The van der Waals surface area contributed by atoms with Crippen LogP contribution in [0.4, 0.5) is 9.52 Å². The highest BCUT2D eigenvalue weighted by Crippen LogP contribution is 2.21. The second-order valence-corrected chi connectivity index (χ2v) is 10.6. The van der Waals surface area contributed by atoms with Crippen LogP contribution in [-0.4, -0.2) is 24.5 Å². The summed E-state index contributed by atoms with van der Waals surface area (Å²) < 4.78 is 46.0. The van der Waals surface area contributed by atoms with E-state index in [4.69, 9.17) is 16.3 Å². The van der Waals surface area contributed by atoms with Crippen LogP contribution in [0.3, 0.4) is 0 Å². The largest absolute Gasteiger partial charge is 0.489 e. The second-order valence-electron chi connectivity index (χ2n) is 7.22. The third-order valence-corrected chi connectivity index (χ3v) is 7.53. The summed E-state index contributed by atoms with van der Waals surface area (Å²) in [6, 6.07) is 19.1. The molecule has 4 aromatic rings. The minimum Gasteiger partial charge on any atom is -0.489 e. The first-order valence-corrected chi connectivity index (χ1v) is 12.8. The van der Waals surface area contributed by atoms with Crippen LogP contribution < -0.4 is 14.8 Å². The van der Waals surface area contributed by atoms with Gasteiger partial charge < -0.3 is 4.74 Å². The minimum absolute atomic E-state index is 0.0205. The zero-order chi connectivity index (χ0) is 24.8. The van der Waals surface area contributed by atoms with E-state index < -0.39 is 15.9 Å². The fraction of sp³-hybridized carbons (Fsp3) is 0.0870. The van der Waals surface area contributed by atoms with Gasteiger partial charge in [-0.3, -0.25) is 10.1 Å². The summed E-state index contributed by atoms with van der Waals surface area (Å²) in [5, 5.41) is 10.5. The lowest BCUT2D eigenvalue weighted by Crippen LogP contribution is -2.23. The van der Waals surface area contributed by atoms with Gasteiger partial charge in [-0.25, -0.2) is 17.5 Å². The van der Waals surface area contributed by atoms with Crippen molar-refractivity contribution in [3.05, 3.63) is 100 Å². The van der Waals surface area contributed by atoms with Gasteiger partial charge in [0.1, 0.15) is 18.2 Å². The number of nitrogens with one attached hydrogen (secondary N) is 2. The fourth-order valence-electron chi connectivity index (χ4n) is 2.83. The molecule has 0 radical (unpaired) electrons. The Bertz CT molecular complexity index is 1410. The average molecular weight is 533 g/mol. The second kappa shape index (κ2) is 10.9. The maximum Gasteiger partial charge on any atom is 0.270 e. The molecule has 0 fully saturated rings. The van der Waals surface area contributed by atoms with Gasteiger partial charge in [-0.2, -0.15) is 0 Å². The van der Waals surface area contributed by atoms with Gasteiger partial charge >= 0.3 is 0 Å². The van der Waals surface area contributed by atoms with Crippen molar-refractivity contribution in [2.75, 3.05) is 5.32 Å². The Morgan fingerprint density at radius 2 is 1.60 bits per heavy atom. The van der Waals surface area contributed by atoms with Gasteiger partial charge in [0, 0.05) is 17.1 Å². The molecule has 12 heteroatoms. The number of nitrogens with zero attached hydrogens (tertiary/aromatic N) is 2. The van der Waals surface area contributed by atoms with Gasteiger partial charge in [0.15, 0.2) is 0 Å². The first-order valence-electron chi connectivity index (χ1n) is 10.1. The van der Waals surface area contributed by atoms with Gasteiger partial charge in [0.2, 0.25) is 9.47 Å². The Hall–Kier alpha value is -3.38. The molecular weight excluding hydrogens is 515 g/mol. The first-order chi connectivity index (χ1) is 16.8. The van der Waals surface area contributed by atoms with Crippen LogP contribution in [0.15, 0.2) is 77.1 Å². The number of aromatic nitrogens is 2. The molecule has 1 amide bonds. The molecule has 0 aliphatic heterocycles. The van der Waals surface area contributed by atoms with E-state index in [1.165, 1.54) is 24.3 Å². The minimum atomic E-state index is -3.94. The van der Waals surface area contributed by atoms with Crippen LogP contribution in [0.25, 0.3) is 0 Å². The van der Waals surface area contributed by atoms with E-state index in [1.807, 2.05) is 0 Å². The van der Waals surface area contributed by atoms with Gasteiger partial charge in [-0.15, -0.1) is 10.2 Å². The molecule has 35 heavy (non-hydrogen) atoms. The predicted molar refractivity (Wildman–Crippen MR) is 131 cm³/mol. The quantitative estimate of drug-likeness (QED) is 0.304. The summed E-state index contributed by atoms with van der Waals surface area (Å²) in [7, 11) is -3.94. The standard InChI is InChI=1S/C23H18ClFN4O4S2/c24-18-7-5-17(6-8-18)21(30)27-22-28-29-23(34-22)35(31,32)26-13-15-3-11-20(12-4-15)33-14-16-1-9-19(25)10-2-16/h1-12,26H,13-14H2,(H,27,28,30). The molecule has 3 aromatic carbocycles. The first kappa shape index (κ1) is 24.7. The smallest absolute Gasteiger partial charge is 0.270 e. The Labute approximate surface area is 209 Å². The molecule has 0 aliphatic rings. The Morgan fingerprint density at radius 3 is 2.29 bits per heavy atom. The molecule has 0 unspecified atom stereocenters. The lowest BCUT2D eigenvalue weighted by Gasteiger charge is -2.08. The monoisotopic (exact) mass is 532 g/mol. The Kier molecular flexibility index (Phi) is 7.71. The molecule has 8 nitrogen and oxygen atoms in total. The van der Waals surface area contributed by atoms with E-state index in [9.17, 15) is 17.6 Å². The Balaban J connectivity index is 1.30. The molecule has 0 saturated heterocycles. The predicted octanol–water partition coefficient (Wildman–Crippen LogP) is 4.64. The molecule has 1 heterocycles. The molecule has 0 bridgehead atoms. The SMILES string of the molecule is O=C(Nc1nnc(S(=O)(=O)NCc2ccc(OCc3ccc(F)cc3)cc2)s1)c1ccc(Cl)cc1. The number of hydrogen-bond acceptors (Lipinski definition) is 7. The van der Waals surface area contributed by atoms with E-state index in [1.54, 1.807) is 48.5 Å². The van der Waals surface area contributed by atoms with Crippen molar-refractivity contribution in [1.82, 2.24) is 14.9 Å². The lowest BCUT2D eigenvalue weighted by atomic mass is 10.2. The van der Waals surface area contributed by atoms with E-state index in [-0.39, 0.29) is 28.4 Å². The molecule has 0 aliphatic carbocycles. The number of sulfonamides is 1. The number of rotatable bonds is 9.